The summed E-state index contributed by atoms with van der Waals surface area (Å²) in [7, 11) is 1.73. The number of hydrogen-bond acceptors (Lipinski definition) is 2. The van der Waals surface area contributed by atoms with Gasteiger partial charge in [0.25, 0.3) is 0 Å². The van der Waals surface area contributed by atoms with Gasteiger partial charge >= 0.3 is 0 Å². The predicted octanol–water partition coefficient (Wildman–Crippen LogP) is 5.05. The number of alkyl halides is 1. The minimum Gasteiger partial charge on any atom is -0.496 e. The van der Waals surface area contributed by atoms with Crippen LogP contribution in [-0.4, -0.2) is 7.11 Å². The molecule has 2 aromatic rings. The third kappa shape index (κ3) is 2.96. The van der Waals surface area contributed by atoms with Crippen LogP contribution in [0.1, 0.15) is 26.4 Å². The standard InChI is InChI=1S/C15H17BrOS/c1-10-4-5-11(2)12(8-10)9-13(16)15-14(17-3)6-7-18-15/h4-8,13H,9H2,1-3H3. The molecule has 1 aromatic heterocycles. The van der Waals surface area contributed by atoms with E-state index in [-0.39, 0.29) is 0 Å². The zero-order chi connectivity index (χ0) is 13.1. The predicted molar refractivity (Wildman–Crippen MR) is 82.2 cm³/mol. The van der Waals surface area contributed by atoms with Crippen molar-refractivity contribution in [2.45, 2.75) is 25.1 Å². The highest BCUT2D eigenvalue weighted by Crippen LogP contribution is 2.38. The lowest BCUT2D eigenvalue weighted by atomic mass is 10.0. The van der Waals surface area contributed by atoms with Crippen molar-refractivity contribution < 1.29 is 4.74 Å². The molecule has 1 nitrogen and oxygen atoms in total. The number of thiophene rings is 1. The first-order chi connectivity index (χ1) is 8.61. The van der Waals surface area contributed by atoms with E-state index >= 15 is 0 Å². The molecule has 0 fully saturated rings. The van der Waals surface area contributed by atoms with Gasteiger partial charge in [-0.25, -0.2) is 0 Å². The van der Waals surface area contributed by atoms with Gasteiger partial charge in [0.15, 0.2) is 0 Å². The van der Waals surface area contributed by atoms with Crippen LogP contribution in [0.2, 0.25) is 0 Å². The largest absolute Gasteiger partial charge is 0.496 e. The number of rotatable bonds is 4. The van der Waals surface area contributed by atoms with Gasteiger partial charge in [-0.15, -0.1) is 11.3 Å². The molecule has 1 heterocycles. The van der Waals surface area contributed by atoms with E-state index in [9.17, 15) is 0 Å². The molecule has 0 bridgehead atoms. The van der Waals surface area contributed by atoms with Gasteiger partial charge in [-0.1, -0.05) is 39.7 Å². The summed E-state index contributed by atoms with van der Waals surface area (Å²) in [6, 6.07) is 8.64. The highest BCUT2D eigenvalue weighted by molar-refractivity contribution is 9.09. The SMILES string of the molecule is COc1ccsc1C(Br)Cc1cc(C)ccc1C. The molecule has 0 spiro atoms. The van der Waals surface area contributed by atoms with E-state index in [1.807, 2.05) is 6.07 Å². The summed E-state index contributed by atoms with van der Waals surface area (Å²) < 4.78 is 5.38. The summed E-state index contributed by atoms with van der Waals surface area (Å²) in [5.74, 6) is 0.979. The van der Waals surface area contributed by atoms with Gasteiger partial charge in [0.05, 0.1) is 16.8 Å². The van der Waals surface area contributed by atoms with Crippen molar-refractivity contribution in [3.05, 3.63) is 51.2 Å². The lowest BCUT2D eigenvalue weighted by Gasteiger charge is -2.13. The molecule has 0 amide bonds. The first kappa shape index (κ1) is 13.6. The summed E-state index contributed by atoms with van der Waals surface area (Å²) in [5.41, 5.74) is 4.06. The molecule has 0 aliphatic rings. The van der Waals surface area contributed by atoms with Gasteiger partial charge in [-0.3, -0.25) is 0 Å². The number of hydrogen-bond donors (Lipinski definition) is 0. The monoisotopic (exact) mass is 324 g/mol. The summed E-state index contributed by atoms with van der Waals surface area (Å²) in [6.45, 7) is 4.30. The molecule has 2 rings (SSSR count). The lowest BCUT2D eigenvalue weighted by Crippen LogP contribution is -1.98. The molecular weight excluding hydrogens is 308 g/mol. The Labute approximate surface area is 121 Å². The fourth-order valence-electron chi connectivity index (χ4n) is 2.01. The van der Waals surface area contributed by atoms with E-state index in [1.54, 1.807) is 18.4 Å². The van der Waals surface area contributed by atoms with Crippen molar-refractivity contribution in [2.75, 3.05) is 7.11 Å². The Morgan fingerprint density at radius 2 is 2.06 bits per heavy atom. The van der Waals surface area contributed by atoms with Crippen LogP contribution in [0.3, 0.4) is 0 Å². The molecular formula is C15H17BrOS. The third-order valence-corrected chi connectivity index (χ3v) is 5.16. The minimum absolute atomic E-state index is 0.313. The molecule has 0 N–H and O–H groups in total. The highest BCUT2D eigenvalue weighted by atomic mass is 79.9. The number of aryl methyl sites for hydroxylation is 2. The molecule has 1 aromatic carbocycles. The van der Waals surface area contributed by atoms with Crippen molar-refractivity contribution in [3.8, 4) is 5.75 Å². The van der Waals surface area contributed by atoms with E-state index in [1.165, 1.54) is 21.6 Å². The van der Waals surface area contributed by atoms with Gasteiger partial charge in [0.1, 0.15) is 5.75 Å². The topological polar surface area (TPSA) is 9.23 Å². The number of halogens is 1. The Hall–Kier alpha value is -0.800. The summed E-state index contributed by atoms with van der Waals surface area (Å²) in [4.78, 5) is 1.58. The second-order valence-electron chi connectivity index (χ2n) is 4.45. The maximum Gasteiger partial charge on any atom is 0.133 e. The van der Waals surface area contributed by atoms with Crippen LogP contribution in [0, 0.1) is 13.8 Å². The Bertz CT molecular complexity index is 533. The molecule has 0 saturated carbocycles. The van der Waals surface area contributed by atoms with Crippen molar-refractivity contribution in [1.29, 1.82) is 0 Å². The fourth-order valence-corrected chi connectivity index (χ4v) is 3.75. The first-order valence-corrected chi connectivity index (χ1v) is 7.73. The number of ether oxygens (including phenoxy) is 1. The molecule has 0 aliphatic carbocycles. The molecule has 96 valence electrons. The Morgan fingerprint density at radius 3 is 2.78 bits per heavy atom. The van der Waals surface area contributed by atoms with Crippen LogP contribution in [0.25, 0.3) is 0 Å². The van der Waals surface area contributed by atoms with Crippen molar-refractivity contribution in [2.24, 2.45) is 0 Å². The van der Waals surface area contributed by atoms with E-state index in [0.29, 0.717) is 4.83 Å². The van der Waals surface area contributed by atoms with Crippen LogP contribution in [0.15, 0.2) is 29.6 Å². The maximum absolute atomic E-state index is 5.38. The Morgan fingerprint density at radius 1 is 1.28 bits per heavy atom. The molecule has 18 heavy (non-hydrogen) atoms. The zero-order valence-electron chi connectivity index (χ0n) is 10.9. The minimum atomic E-state index is 0.313. The second kappa shape index (κ2) is 5.89. The van der Waals surface area contributed by atoms with Crippen molar-refractivity contribution >= 4 is 27.3 Å². The zero-order valence-corrected chi connectivity index (χ0v) is 13.3. The molecule has 0 radical (unpaired) electrons. The van der Waals surface area contributed by atoms with Crippen LogP contribution in [-0.2, 0) is 6.42 Å². The summed E-state index contributed by atoms with van der Waals surface area (Å²) in [5, 5.41) is 2.07. The van der Waals surface area contributed by atoms with Crippen molar-refractivity contribution in [3.63, 3.8) is 0 Å². The fraction of sp³-hybridized carbons (Fsp3) is 0.333. The Balaban J connectivity index is 2.21. The smallest absolute Gasteiger partial charge is 0.133 e. The van der Waals surface area contributed by atoms with Crippen LogP contribution < -0.4 is 4.74 Å². The molecule has 0 saturated heterocycles. The maximum atomic E-state index is 5.38. The van der Waals surface area contributed by atoms with Crippen LogP contribution in [0.4, 0.5) is 0 Å². The third-order valence-electron chi connectivity index (χ3n) is 3.07. The van der Waals surface area contributed by atoms with Crippen molar-refractivity contribution in [1.82, 2.24) is 0 Å². The van der Waals surface area contributed by atoms with Gasteiger partial charge in [-0.2, -0.15) is 0 Å². The van der Waals surface area contributed by atoms with E-state index in [2.05, 4.69) is 53.4 Å². The normalized spacial score (nSPS) is 12.4. The highest BCUT2D eigenvalue weighted by Gasteiger charge is 2.16. The van der Waals surface area contributed by atoms with Gasteiger partial charge in [0.2, 0.25) is 0 Å². The van der Waals surface area contributed by atoms with Gasteiger partial charge < -0.3 is 4.74 Å². The quantitative estimate of drug-likeness (QED) is 0.715. The summed E-state index contributed by atoms with van der Waals surface area (Å²) in [6.07, 6.45) is 0.990. The first-order valence-electron chi connectivity index (χ1n) is 5.93. The molecule has 1 unspecified atom stereocenters. The number of benzene rings is 1. The average Bonchev–Trinajstić information content (AvgIpc) is 2.82. The average molecular weight is 325 g/mol. The lowest BCUT2D eigenvalue weighted by molar-refractivity contribution is 0.412. The van der Waals surface area contributed by atoms with Gasteiger partial charge in [-0.05, 0) is 42.8 Å². The van der Waals surface area contributed by atoms with E-state index < -0.39 is 0 Å². The van der Waals surface area contributed by atoms with Crippen LogP contribution in [0.5, 0.6) is 5.75 Å². The van der Waals surface area contributed by atoms with E-state index in [4.69, 9.17) is 4.74 Å². The summed E-state index contributed by atoms with van der Waals surface area (Å²) >= 11 is 5.52. The van der Waals surface area contributed by atoms with Crippen LogP contribution >= 0.6 is 27.3 Å². The van der Waals surface area contributed by atoms with Gasteiger partial charge in [0, 0.05) is 0 Å². The van der Waals surface area contributed by atoms with E-state index in [0.717, 1.165) is 12.2 Å². The molecule has 1 atom stereocenters. The molecule has 0 aliphatic heterocycles. The Kier molecular flexibility index (Phi) is 4.46. The second-order valence-corrected chi connectivity index (χ2v) is 6.51. The molecule has 3 heteroatoms. The number of methoxy groups -OCH3 is 1.